The smallest absolute Gasteiger partial charge is 0.191 e. The van der Waals surface area contributed by atoms with Crippen LogP contribution in [-0.4, -0.2) is 76.6 Å². The topological polar surface area (TPSA) is 67.4 Å². The van der Waals surface area contributed by atoms with Gasteiger partial charge in [0, 0.05) is 45.5 Å². The molecule has 1 aromatic carbocycles. The van der Waals surface area contributed by atoms with E-state index in [0.717, 1.165) is 76.0 Å². The molecule has 1 saturated heterocycles. The lowest BCUT2D eigenvalue weighted by Gasteiger charge is -2.31. The van der Waals surface area contributed by atoms with E-state index in [0.29, 0.717) is 31.7 Å². The Bertz CT molecular complexity index is 648. The first-order valence-corrected chi connectivity index (χ1v) is 12.2. The van der Waals surface area contributed by atoms with E-state index in [1.165, 1.54) is 0 Å². The highest BCUT2D eigenvalue weighted by Crippen LogP contribution is 2.15. The van der Waals surface area contributed by atoms with Crippen molar-refractivity contribution in [3.63, 3.8) is 0 Å². The van der Waals surface area contributed by atoms with Gasteiger partial charge in [0.05, 0.1) is 13.2 Å². The molecule has 32 heavy (non-hydrogen) atoms. The van der Waals surface area contributed by atoms with Gasteiger partial charge in [-0.2, -0.15) is 0 Å². The van der Waals surface area contributed by atoms with Crippen LogP contribution in [-0.2, 0) is 16.0 Å². The van der Waals surface area contributed by atoms with E-state index in [4.69, 9.17) is 19.2 Å². The van der Waals surface area contributed by atoms with Crippen LogP contribution in [0.25, 0.3) is 0 Å². The van der Waals surface area contributed by atoms with Gasteiger partial charge in [0.25, 0.3) is 0 Å². The Morgan fingerprint density at radius 2 is 2.00 bits per heavy atom. The zero-order valence-electron chi connectivity index (χ0n) is 20.6. The van der Waals surface area contributed by atoms with Crippen molar-refractivity contribution < 1.29 is 14.2 Å². The Kier molecular flexibility index (Phi) is 13.1. The molecule has 0 spiro atoms. The minimum absolute atomic E-state index is 0.600. The lowest BCUT2D eigenvalue weighted by atomic mass is 10.1. The molecule has 2 rings (SSSR count). The number of nitrogens with one attached hydrogen (secondary N) is 2. The Labute approximate surface area is 194 Å². The molecular weight excluding hydrogens is 404 g/mol. The molecule has 0 radical (unpaired) electrons. The third-order valence-corrected chi connectivity index (χ3v) is 5.57. The minimum atomic E-state index is 0.600. The van der Waals surface area contributed by atoms with Gasteiger partial charge in [-0.05, 0) is 56.8 Å². The first-order valence-electron chi connectivity index (χ1n) is 12.2. The van der Waals surface area contributed by atoms with Crippen molar-refractivity contribution in [3.8, 4) is 5.75 Å². The van der Waals surface area contributed by atoms with Crippen LogP contribution in [0, 0.1) is 5.92 Å². The number of aliphatic imine (C=N–C) groups is 1. The second kappa shape index (κ2) is 15.9. The van der Waals surface area contributed by atoms with Crippen LogP contribution < -0.4 is 15.4 Å². The molecule has 7 heteroatoms. The van der Waals surface area contributed by atoms with Gasteiger partial charge in [0.15, 0.2) is 5.96 Å². The van der Waals surface area contributed by atoms with E-state index in [-0.39, 0.29) is 0 Å². The fourth-order valence-corrected chi connectivity index (χ4v) is 3.52. The summed E-state index contributed by atoms with van der Waals surface area (Å²) in [6.07, 6.45) is 3.31. The molecule has 0 bridgehead atoms. The van der Waals surface area contributed by atoms with Gasteiger partial charge in [0.1, 0.15) is 12.4 Å². The van der Waals surface area contributed by atoms with Crippen molar-refractivity contribution >= 4 is 5.96 Å². The van der Waals surface area contributed by atoms with Crippen molar-refractivity contribution in [2.45, 2.75) is 52.6 Å². The molecule has 0 aliphatic carbocycles. The molecule has 1 aliphatic rings. The average Bonchev–Trinajstić information content (AvgIpc) is 2.80. The van der Waals surface area contributed by atoms with E-state index >= 15 is 0 Å². The Morgan fingerprint density at radius 1 is 1.19 bits per heavy atom. The molecule has 0 atom stereocenters. The maximum atomic E-state index is 6.01. The molecule has 1 heterocycles. The first-order chi connectivity index (χ1) is 15.6. The lowest BCUT2D eigenvalue weighted by Crippen LogP contribution is -2.39. The number of benzene rings is 1. The summed E-state index contributed by atoms with van der Waals surface area (Å²) in [6, 6.07) is 8.82. The summed E-state index contributed by atoms with van der Waals surface area (Å²) < 4.78 is 17.1. The van der Waals surface area contributed by atoms with Gasteiger partial charge in [-0.15, -0.1) is 0 Å². The van der Waals surface area contributed by atoms with Crippen molar-refractivity contribution in [1.82, 2.24) is 15.5 Å². The van der Waals surface area contributed by atoms with Crippen LogP contribution in [0.1, 0.15) is 45.6 Å². The average molecular weight is 449 g/mol. The number of guanidine groups is 1. The molecule has 1 fully saturated rings. The van der Waals surface area contributed by atoms with Crippen LogP contribution >= 0.6 is 0 Å². The predicted octanol–water partition coefficient (Wildman–Crippen LogP) is 3.29. The van der Waals surface area contributed by atoms with Gasteiger partial charge in [0.2, 0.25) is 0 Å². The number of ether oxygens (including phenoxy) is 3. The summed E-state index contributed by atoms with van der Waals surface area (Å²) in [5.41, 5.74) is 1.13. The van der Waals surface area contributed by atoms with Crippen molar-refractivity contribution in [1.29, 1.82) is 0 Å². The van der Waals surface area contributed by atoms with Crippen LogP contribution in [0.4, 0.5) is 0 Å². The molecule has 2 N–H and O–H groups in total. The van der Waals surface area contributed by atoms with Gasteiger partial charge < -0.3 is 24.8 Å². The van der Waals surface area contributed by atoms with Gasteiger partial charge >= 0.3 is 0 Å². The van der Waals surface area contributed by atoms with Crippen LogP contribution in [0.3, 0.4) is 0 Å². The predicted molar refractivity (Wildman–Crippen MR) is 132 cm³/mol. The number of likely N-dealkylation sites (N-methyl/N-ethyl adjacent to an activating group) is 1. The summed E-state index contributed by atoms with van der Waals surface area (Å²) in [6.45, 7) is 13.5. The van der Waals surface area contributed by atoms with Crippen molar-refractivity contribution in [2.24, 2.45) is 10.9 Å². The van der Waals surface area contributed by atoms with Gasteiger partial charge in [-0.25, -0.2) is 4.99 Å². The molecule has 0 unspecified atom stereocenters. The fourth-order valence-electron chi connectivity index (χ4n) is 3.52. The van der Waals surface area contributed by atoms with E-state index in [1.54, 1.807) is 0 Å². The highest BCUT2D eigenvalue weighted by Gasteiger charge is 2.17. The molecule has 0 saturated carbocycles. The Hall–Kier alpha value is -1.83. The maximum absolute atomic E-state index is 6.01. The molecule has 182 valence electrons. The van der Waals surface area contributed by atoms with E-state index in [1.807, 2.05) is 12.1 Å². The molecule has 0 aromatic heterocycles. The highest BCUT2D eigenvalue weighted by atomic mass is 16.5. The number of hydrogen-bond acceptors (Lipinski definition) is 5. The molecule has 1 aromatic rings. The van der Waals surface area contributed by atoms with Gasteiger partial charge in [-0.1, -0.05) is 26.0 Å². The maximum Gasteiger partial charge on any atom is 0.191 e. The normalized spacial score (nSPS) is 15.4. The molecule has 7 nitrogen and oxygen atoms in total. The quantitative estimate of drug-likeness (QED) is 0.259. The third-order valence-electron chi connectivity index (χ3n) is 5.57. The zero-order chi connectivity index (χ0) is 23.0. The first kappa shape index (κ1) is 26.4. The SMILES string of the molecule is CCNC(=NCc1cccc(OCCN(C)C2CCOCC2)c1)NCCOCCC(C)C. The lowest BCUT2D eigenvalue weighted by molar-refractivity contribution is 0.0392. The summed E-state index contributed by atoms with van der Waals surface area (Å²) in [5.74, 6) is 2.38. The summed E-state index contributed by atoms with van der Waals surface area (Å²) in [4.78, 5) is 7.09. The third kappa shape index (κ3) is 11.2. The standard InChI is InChI=1S/C25H44N4O3/c1-5-26-25(27-12-17-31-14-9-21(2)3)28-20-22-7-6-8-24(19-22)32-18-13-29(4)23-10-15-30-16-11-23/h6-8,19,21,23H,5,9-18,20H2,1-4H3,(H2,26,27,28). The number of hydrogen-bond donors (Lipinski definition) is 2. The van der Waals surface area contributed by atoms with Crippen LogP contribution in [0.15, 0.2) is 29.3 Å². The van der Waals surface area contributed by atoms with E-state index < -0.39 is 0 Å². The summed E-state index contributed by atoms with van der Waals surface area (Å²) in [5, 5.41) is 6.63. The number of rotatable bonds is 14. The number of nitrogens with zero attached hydrogens (tertiary/aromatic N) is 2. The van der Waals surface area contributed by atoms with Crippen molar-refractivity contribution in [3.05, 3.63) is 29.8 Å². The summed E-state index contributed by atoms with van der Waals surface area (Å²) >= 11 is 0. The minimum Gasteiger partial charge on any atom is -0.492 e. The zero-order valence-corrected chi connectivity index (χ0v) is 20.6. The fraction of sp³-hybridized carbons (Fsp3) is 0.720. The summed E-state index contributed by atoms with van der Waals surface area (Å²) in [7, 11) is 2.18. The van der Waals surface area contributed by atoms with E-state index in [9.17, 15) is 0 Å². The Morgan fingerprint density at radius 3 is 2.75 bits per heavy atom. The van der Waals surface area contributed by atoms with Crippen LogP contribution in [0.2, 0.25) is 0 Å². The highest BCUT2D eigenvalue weighted by molar-refractivity contribution is 5.79. The Balaban J connectivity index is 1.73. The molecule has 0 amide bonds. The van der Waals surface area contributed by atoms with E-state index in [2.05, 4.69) is 55.5 Å². The largest absolute Gasteiger partial charge is 0.492 e. The molecular formula is C25H44N4O3. The van der Waals surface area contributed by atoms with Crippen LogP contribution in [0.5, 0.6) is 5.75 Å². The second-order valence-corrected chi connectivity index (χ2v) is 8.74. The van der Waals surface area contributed by atoms with Crippen molar-refractivity contribution in [2.75, 3.05) is 59.7 Å². The second-order valence-electron chi connectivity index (χ2n) is 8.74. The van der Waals surface area contributed by atoms with Gasteiger partial charge in [-0.3, -0.25) is 4.90 Å². The monoisotopic (exact) mass is 448 g/mol. The molecule has 1 aliphatic heterocycles.